The molecular weight excluding hydrogens is 258 g/mol. The monoisotopic (exact) mass is 281 g/mol. The van der Waals surface area contributed by atoms with Gasteiger partial charge in [-0.2, -0.15) is 0 Å². The molecule has 0 radical (unpaired) electrons. The first kappa shape index (κ1) is 14.3. The van der Waals surface area contributed by atoms with Crippen molar-refractivity contribution in [1.82, 2.24) is 5.32 Å². The van der Waals surface area contributed by atoms with Crippen LogP contribution in [-0.4, -0.2) is 13.7 Å². The van der Waals surface area contributed by atoms with E-state index in [1.165, 1.54) is 22.3 Å². The molecule has 110 valence electrons. The minimum Gasteiger partial charge on any atom is -0.373 e. The Balaban J connectivity index is 1.82. The smallest absolute Gasteiger partial charge is 0.0845 e. The van der Waals surface area contributed by atoms with Crippen LogP contribution < -0.4 is 5.32 Å². The average molecular weight is 281 g/mol. The van der Waals surface area contributed by atoms with Crippen LogP contribution >= 0.6 is 0 Å². The third kappa shape index (κ3) is 3.17. The van der Waals surface area contributed by atoms with E-state index in [1.54, 1.807) is 0 Å². The molecule has 2 aromatic carbocycles. The molecule has 2 aromatic rings. The molecule has 3 rings (SSSR count). The van der Waals surface area contributed by atoms with Gasteiger partial charge >= 0.3 is 0 Å². The van der Waals surface area contributed by atoms with Gasteiger partial charge in [-0.15, -0.1) is 0 Å². The molecule has 0 bridgehead atoms. The fraction of sp³-hybridized carbons (Fsp3) is 0.368. The van der Waals surface area contributed by atoms with E-state index < -0.39 is 0 Å². The molecular formula is C19H23NO. The summed E-state index contributed by atoms with van der Waals surface area (Å²) in [6, 6.07) is 17.7. The van der Waals surface area contributed by atoms with E-state index in [1.807, 2.05) is 7.05 Å². The van der Waals surface area contributed by atoms with Crippen molar-refractivity contribution < 1.29 is 4.74 Å². The summed E-state index contributed by atoms with van der Waals surface area (Å²) in [5.74, 6) is 0. The molecule has 0 fully saturated rings. The van der Waals surface area contributed by atoms with Crippen LogP contribution in [0.4, 0.5) is 0 Å². The maximum absolute atomic E-state index is 6.05. The first-order valence-electron chi connectivity index (χ1n) is 7.71. The highest BCUT2D eigenvalue weighted by Crippen LogP contribution is 2.34. The minimum absolute atomic E-state index is 0.188. The Morgan fingerprint density at radius 2 is 2.05 bits per heavy atom. The number of aryl methyl sites for hydroxylation is 1. The normalized spacial score (nSPS) is 19.0. The fourth-order valence-corrected chi connectivity index (χ4v) is 3.19. The average Bonchev–Trinajstić information content (AvgIpc) is 2.52. The lowest BCUT2D eigenvalue weighted by atomic mass is 9.91. The van der Waals surface area contributed by atoms with Crippen LogP contribution in [0.2, 0.25) is 0 Å². The van der Waals surface area contributed by atoms with Crippen LogP contribution in [0.15, 0.2) is 48.5 Å². The lowest BCUT2D eigenvalue weighted by molar-refractivity contribution is 0.0298. The number of benzene rings is 2. The van der Waals surface area contributed by atoms with E-state index in [9.17, 15) is 0 Å². The zero-order chi connectivity index (χ0) is 14.7. The highest BCUT2D eigenvalue weighted by atomic mass is 16.5. The molecule has 2 atom stereocenters. The molecule has 2 heteroatoms. The number of hydrogen-bond donors (Lipinski definition) is 1. The maximum Gasteiger partial charge on any atom is 0.0845 e. The topological polar surface area (TPSA) is 21.3 Å². The lowest BCUT2D eigenvalue weighted by Gasteiger charge is -2.29. The van der Waals surface area contributed by atoms with Crippen molar-refractivity contribution in [3.05, 3.63) is 70.8 Å². The van der Waals surface area contributed by atoms with Crippen molar-refractivity contribution in [2.75, 3.05) is 13.7 Å². The zero-order valence-corrected chi connectivity index (χ0v) is 12.8. The van der Waals surface area contributed by atoms with Crippen molar-refractivity contribution in [3.8, 4) is 0 Å². The highest BCUT2D eigenvalue weighted by molar-refractivity contribution is 5.32. The minimum atomic E-state index is 0.188. The summed E-state index contributed by atoms with van der Waals surface area (Å²) in [7, 11) is 2.03. The lowest BCUT2D eigenvalue weighted by Crippen LogP contribution is -2.24. The highest BCUT2D eigenvalue weighted by Gasteiger charge is 2.24. The van der Waals surface area contributed by atoms with Crippen molar-refractivity contribution in [3.63, 3.8) is 0 Å². The van der Waals surface area contributed by atoms with E-state index in [0.717, 1.165) is 19.4 Å². The van der Waals surface area contributed by atoms with Gasteiger partial charge < -0.3 is 10.1 Å². The maximum atomic E-state index is 6.05. The standard InChI is InChI=1S/C19H23NO/c1-14-6-5-8-16(12-14)18(20-2)13-19-17-9-4-3-7-15(17)10-11-21-19/h3-9,12,18-20H,10-11,13H2,1-2H3. The second kappa shape index (κ2) is 6.42. The summed E-state index contributed by atoms with van der Waals surface area (Å²) < 4.78 is 6.05. The Labute approximate surface area is 127 Å². The molecule has 1 aliphatic heterocycles. The largest absolute Gasteiger partial charge is 0.373 e. The molecule has 21 heavy (non-hydrogen) atoms. The van der Waals surface area contributed by atoms with Gasteiger partial charge in [-0.25, -0.2) is 0 Å². The molecule has 1 heterocycles. The van der Waals surface area contributed by atoms with Gasteiger partial charge in [0.2, 0.25) is 0 Å². The number of hydrogen-bond acceptors (Lipinski definition) is 2. The molecule has 2 unspecified atom stereocenters. The first-order valence-corrected chi connectivity index (χ1v) is 7.71. The second-order valence-electron chi connectivity index (χ2n) is 5.80. The van der Waals surface area contributed by atoms with Gasteiger partial charge in [0, 0.05) is 6.04 Å². The predicted molar refractivity (Wildman–Crippen MR) is 86.4 cm³/mol. The van der Waals surface area contributed by atoms with E-state index in [0.29, 0.717) is 6.04 Å². The summed E-state index contributed by atoms with van der Waals surface area (Å²) in [4.78, 5) is 0. The van der Waals surface area contributed by atoms with Gasteiger partial charge in [0.1, 0.15) is 0 Å². The van der Waals surface area contributed by atoms with Crippen molar-refractivity contribution in [2.45, 2.75) is 31.9 Å². The molecule has 0 saturated heterocycles. The Morgan fingerprint density at radius 1 is 1.19 bits per heavy atom. The van der Waals surface area contributed by atoms with Crippen molar-refractivity contribution >= 4 is 0 Å². The summed E-state index contributed by atoms with van der Waals surface area (Å²) in [5, 5.41) is 3.44. The molecule has 1 N–H and O–H groups in total. The molecule has 0 amide bonds. The Bertz CT molecular complexity index is 608. The molecule has 0 aliphatic carbocycles. The van der Waals surface area contributed by atoms with E-state index >= 15 is 0 Å². The van der Waals surface area contributed by atoms with Gasteiger partial charge in [-0.3, -0.25) is 0 Å². The van der Waals surface area contributed by atoms with Gasteiger partial charge in [0.05, 0.1) is 12.7 Å². The molecule has 1 aliphatic rings. The molecule has 0 aromatic heterocycles. The number of nitrogens with one attached hydrogen (secondary N) is 1. The third-order valence-corrected chi connectivity index (χ3v) is 4.34. The number of ether oxygens (including phenoxy) is 1. The van der Waals surface area contributed by atoms with Gasteiger partial charge in [0.25, 0.3) is 0 Å². The van der Waals surface area contributed by atoms with Crippen LogP contribution in [0.5, 0.6) is 0 Å². The summed E-state index contributed by atoms with van der Waals surface area (Å²) in [6.45, 7) is 2.97. The summed E-state index contributed by atoms with van der Waals surface area (Å²) in [5.41, 5.74) is 5.44. The zero-order valence-electron chi connectivity index (χ0n) is 12.8. The SMILES string of the molecule is CNC(CC1OCCc2ccccc21)c1cccc(C)c1. The Morgan fingerprint density at radius 3 is 2.86 bits per heavy atom. The van der Waals surface area contributed by atoms with E-state index in [4.69, 9.17) is 4.74 Å². The molecule has 2 nitrogen and oxygen atoms in total. The van der Waals surface area contributed by atoms with Crippen molar-refractivity contribution in [2.24, 2.45) is 0 Å². The molecule has 0 spiro atoms. The quantitative estimate of drug-likeness (QED) is 0.916. The Hall–Kier alpha value is -1.64. The molecule has 0 saturated carbocycles. The number of rotatable bonds is 4. The fourth-order valence-electron chi connectivity index (χ4n) is 3.19. The van der Waals surface area contributed by atoms with Crippen LogP contribution in [0.3, 0.4) is 0 Å². The van der Waals surface area contributed by atoms with Crippen LogP contribution in [0, 0.1) is 6.92 Å². The first-order chi connectivity index (χ1) is 10.3. The van der Waals surface area contributed by atoms with Gasteiger partial charge in [-0.1, -0.05) is 54.1 Å². The number of fused-ring (bicyclic) bond motifs is 1. The predicted octanol–water partition coefficient (Wildman–Crippen LogP) is 3.96. The second-order valence-corrected chi connectivity index (χ2v) is 5.80. The van der Waals surface area contributed by atoms with Gasteiger partial charge in [0.15, 0.2) is 0 Å². The Kier molecular flexibility index (Phi) is 4.37. The third-order valence-electron chi connectivity index (χ3n) is 4.34. The van der Waals surface area contributed by atoms with Crippen LogP contribution in [-0.2, 0) is 11.2 Å². The summed E-state index contributed by atoms with van der Waals surface area (Å²) in [6.07, 6.45) is 2.19. The van der Waals surface area contributed by atoms with E-state index in [-0.39, 0.29) is 6.10 Å². The summed E-state index contributed by atoms with van der Waals surface area (Å²) >= 11 is 0. The van der Waals surface area contributed by atoms with Crippen molar-refractivity contribution in [1.29, 1.82) is 0 Å². The van der Waals surface area contributed by atoms with E-state index in [2.05, 4.69) is 60.8 Å². The van der Waals surface area contributed by atoms with Crippen LogP contribution in [0.1, 0.15) is 40.8 Å². The van der Waals surface area contributed by atoms with Crippen LogP contribution in [0.25, 0.3) is 0 Å². The van der Waals surface area contributed by atoms with Gasteiger partial charge in [-0.05, 0) is 43.5 Å².